The number of hydrazine groups is 1. The van der Waals surface area contributed by atoms with Gasteiger partial charge in [-0.05, 0) is 48.7 Å². The van der Waals surface area contributed by atoms with Crippen molar-refractivity contribution in [1.29, 1.82) is 0 Å². The van der Waals surface area contributed by atoms with Crippen molar-refractivity contribution in [3.05, 3.63) is 69.7 Å². The van der Waals surface area contributed by atoms with Crippen LogP contribution in [-0.4, -0.2) is 27.7 Å². The molecule has 1 saturated carbocycles. The molecule has 29 heavy (non-hydrogen) atoms. The predicted molar refractivity (Wildman–Crippen MR) is 110 cm³/mol. The Morgan fingerprint density at radius 2 is 1.52 bits per heavy atom. The van der Waals surface area contributed by atoms with Crippen LogP contribution in [0.5, 0.6) is 0 Å². The topological polar surface area (TPSA) is 57.7 Å². The van der Waals surface area contributed by atoms with Crippen LogP contribution in [0.25, 0.3) is 0 Å². The normalized spacial score (nSPS) is 21.2. The molecule has 2 fully saturated rings. The van der Waals surface area contributed by atoms with Crippen molar-refractivity contribution in [2.75, 3.05) is 0 Å². The van der Waals surface area contributed by atoms with Gasteiger partial charge in [0.2, 0.25) is 0 Å². The number of carbonyl (C=O) groups excluding carboxylic acids is 3. The van der Waals surface area contributed by atoms with Gasteiger partial charge in [0, 0.05) is 15.6 Å². The minimum Gasteiger partial charge on any atom is -0.272 e. The lowest BCUT2D eigenvalue weighted by atomic mass is 9.81. The third-order valence-electron chi connectivity index (χ3n) is 5.66. The van der Waals surface area contributed by atoms with Crippen LogP contribution in [-0.2, 0) is 16.1 Å². The standard InChI is InChI=1S/C22H20Cl2N2O3/c23-16-11-9-14(10-12-16)20(27)25(13-15-5-1-4-8-19(15)24)26-21(28)17-6-2-3-7-18(17)22(26)29/h1,4-5,8-12,17-18H,2-3,6-7,13H2/t17-,18-/m0/s1. The van der Waals surface area contributed by atoms with Crippen molar-refractivity contribution >= 4 is 40.9 Å². The number of rotatable bonds is 4. The number of carbonyl (C=O) groups is 3. The summed E-state index contributed by atoms with van der Waals surface area (Å²) in [5.74, 6) is -1.73. The molecular weight excluding hydrogens is 411 g/mol. The fourth-order valence-electron chi connectivity index (χ4n) is 4.15. The van der Waals surface area contributed by atoms with Crippen LogP contribution in [0, 0.1) is 11.8 Å². The molecule has 0 N–H and O–H groups in total. The van der Waals surface area contributed by atoms with Crippen LogP contribution in [0.4, 0.5) is 0 Å². The molecule has 3 amide bonds. The Kier molecular flexibility index (Phi) is 5.61. The molecule has 1 heterocycles. The van der Waals surface area contributed by atoms with Crippen molar-refractivity contribution in [3.63, 3.8) is 0 Å². The molecule has 4 rings (SSSR count). The Morgan fingerprint density at radius 1 is 0.931 bits per heavy atom. The zero-order chi connectivity index (χ0) is 20.5. The summed E-state index contributed by atoms with van der Waals surface area (Å²) in [5, 5.41) is 3.26. The highest BCUT2D eigenvalue weighted by atomic mass is 35.5. The highest BCUT2D eigenvalue weighted by Crippen LogP contribution is 2.39. The van der Waals surface area contributed by atoms with Gasteiger partial charge in [0.25, 0.3) is 17.7 Å². The molecule has 2 aromatic carbocycles. The van der Waals surface area contributed by atoms with E-state index < -0.39 is 5.91 Å². The molecule has 1 saturated heterocycles. The van der Waals surface area contributed by atoms with Crippen molar-refractivity contribution in [3.8, 4) is 0 Å². The van der Waals surface area contributed by atoms with E-state index in [4.69, 9.17) is 23.2 Å². The van der Waals surface area contributed by atoms with Crippen molar-refractivity contribution in [1.82, 2.24) is 10.0 Å². The number of nitrogens with zero attached hydrogens (tertiary/aromatic N) is 2. The van der Waals surface area contributed by atoms with E-state index in [-0.39, 0.29) is 30.2 Å². The average Bonchev–Trinajstić information content (AvgIpc) is 2.98. The lowest BCUT2D eigenvalue weighted by molar-refractivity contribution is -0.155. The number of hydrogen-bond donors (Lipinski definition) is 0. The van der Waals surface area contributed by atoms with Gasteiger partial charge in [-0.2, -0.15) is 5.01 Å². The third kappa shape index (κ3) is 3.77. The summed E-state index contributed by atoms with van der Waals surface area (Å²) in [6.45, 7) is 0.0258. The highest BCUT2D eigenvalue weighted by Gasteiger charge is 2.51. The fourth-order valence-corrected chi connectivity index (χ4v) is 4.47. The van der Waals surface area contributed by atoms with Gasteiger partial charge in [0.15, 0.2) is 0 Å². The van der Waals surface area contributed by atoms with Crippen LogP contribution in [0.1, 0.15) is 41.6 Å². The number of imide groups is 1. The molecule has 1 aliphatic heterocycles. The van der Waals surface area contributed by atoms with E-state index in [0.717, 1.165) is 17.9 Å². The molecule has 5 nitrogen and oxygen atoms in total. The Bertz CT molecular complexity index is 937. The molecule has 2 aliphatic rings. The van der Waals surface area contributed by atoms with E-state index in [2.05, 4.69) is 0 Å². The fraction of sp³-hybridized carbons (Fsp3) is 0.318. The highest BCUT2D eigenvalue weighted by molar-refractivity contribution is 6.31. The Balaban J connectivity index is 1.72. The van der Waals surface area contributed by atoms with E-state index in [1.165, 1.54) is 5.01 Å². The second-order valence-corrected chi connectivity index (χ2v) is 8.29. The molecule has 1 aliphatic carbocycles. The number of hydrogen-bond acceptors (Lipinski definition) is 3. The lowest BCUT2D eigenvalue weighted by Crippen LogP contribution is -2.49. The maximum atomic E-state index is 13.3. The van der Waals surface area contributed by atoms with Gasteiger partial charge >= 0.3 is 0 Å². The van der Waals surface area contributed by atoms with Crippen LogP contribution in [0.2, 0.25) is 10.0 Å². The van der Waals surface area contributed by atoms with Crippen molar-refractivity contribution in [2.24, 2.45) is 11.8 Å². The zero-order valence-electron chi connectivity index (χ0n) is 15.7. The molecule has 0 bridgehead atoms. The second-order valence-electron chi connectivity index (χ2n) is 7.45. The summed E-state index contributed by atoms with van der Waals surface area (Å²) in [5.41, 5.74) is 1.00. The van der Waals surface area contributed by atoms with Gasteiger partial charge in [-0.3, -0.25) is 14.4 Å². The Hall–Kier alpha value is -2.37. The first kappa shape index (κ1) is 19.9. The summed E-state index contributed by atoms with van der Waals surface area (Å²) in [6.07, 6.45) is 3.20. The molecule has 2 atom stereocenters. The maximum absolute atomic E-state index is 13.3. The molecule has 2 aromatic rings. The first-order valence-corrected chi connectivity index (χ1v) is 10.4. The minimum atomic E-state index is -0.443. The largest absolute Gasteiger partial charge is 0.273 e. The summed E-state index contributed by atoms with van der Waals surface area (Å²) in [6, 6.07) is 13.5. The van der Waals surface area contributed by atoms with E-state index in [1.54, 1.807) is 48.5 Å². The SMILES string of the molecule is O=C(c1ccc(Cl)cc1)N(Cc1ccccc1Cl)N1C(=O)[C@H]2CCCC[C@@H]2C1=O. The molecular formula is C22H20Cl2N2O3. The summed E-state index contributed by atoms with van der Waals surface area (Å²) in [7, 11) is 0. The number of amides is 3. The maximum Gasteiger partial charge on any atom is 0.273 e. The van der Waals surface area contributed by atoms with E-state index >= 15 is 0 Å². The average molecular weight is 431 g/mol. The molecule has 7 heteroatoms. The van der Waals surface area contributed by atoms with Gasteiger partial charge in [-0.1, -0.05) is 54.2 Å². The van der Waals surface area contributed by atoms with Crippen molar-refractivity contribution in [2.45, 2.75) is 32.2 Å². The summed E-state index contributed by atoms with van der Waals surface area (Å²) < 4.78 is 0. The molecule has 150 valence electrons. The molecule has 0 radical (unpaired) electrons. The Labute approximate surface area is 179 Å². The monoisotopic (exact) mass is 430 g/mol. The van der Waals surface area contributed by atoms with E-state index in [0.29, 0.717) is 34.0 Å². The number of halogens is 2. The smallest absolute Gasteiger partial charge is 0.272 e. The zero-order valence-corrected chi connectivity index (χ0v) is 17.2. The van der Waals surface area contributed by atoms with Crippen LogP contribution in [0.3, 0.4) is 0 Å². The van der Waals surface area contributed by atoms with Gasteiger partial charge in [0.05, 0.1) is 18.4 Å². The first-order chi connectivity index (χ1) is 14.0. The number of benzene rings is 2. The lowest BCUT2D eigenvalue weighted by Gasteiger charge is -2.31. The van der Waals surface area contributed by atoms with Crippen LogP contribution < -0.4 is 0 Å². The predicted octanol–water partition coefficient (Wildman–Crippen LogP) is 4.73. The van der Waals surface area contributed by atoms with E-state index in [1.807, 2.05) is 0 Å². The summed E-state index contributed by atoms with van der Waals surface area (Å²) >= 11 is 12.2. The van der Waals surface area contributed by atoms with Crippen LogP contribution >= 0.6 is 23.2 Å². The van der Waals surface area contributed by atoms with Gasteiger partial charge < -0.3 is 0 Å². The first-order valence-electron chi connectivity index (χ1n) is 9.66. The Morgan fingerprint density at radius 3 is 2.10 bits per heavy atom. The van der Waals surface area contributed by atoms with Crippen LogP contribution in [0.15, 0.2) is 48.5 Å². The quantitative estimate of drug-likeness (QED) is 0.658. The molecule has 0 spiro atoms. The van der Waals surface area contributed by atoms with Gasteiger partial charge in [-0.15, -0.1) is 0 Å². The van der Waals surface area contributed by atoms with Gasteiger partial charge in [0.1, 0.15) is 0 Å². The molecule has 0 aromatic heterocycles. The third-order valence-corrected chi connectivity index (χ3v) is 6.28. The van der Waals surface area contributed by atoms with Crippen molar-refractivity contribution < 1.29 is 14.4 Å². The van der Waals surface area contributed by atoms with E-state index in [9.17, 15) is 14.4 Å². The minimum absolute atomic E-state index is 0.0258. The summed E-state index contributed by atoms with van der Waals surface area (Å²) in [4.78, 5) is 39.6. The van der Waals surface area contributed by atoms with Gasteiger partial charge in [-0.25, -0.2) is 5.01 Å². The molecule has 0 unspecified atom stereocenters. The number of fused-ring (bicyclic) bond motifs is 1. The second kappa shape index (κ2) is 8.17.